The number of hydrogen-bond acceptors (Lipinski definition) is 2. The minimum Gasteiger partial charge on any atom is -0.339 e. The molecule has 0 spiro atoms. The number of piperidine rings is 1. The highest BCUT2D eigenvalue weighted by Crippen LogP contribution is 2.22. The molecule has 2 aromatic carbocycles. The van der Waals surface area contributed by atoms with Crippen molar-refractivity contribution in [3.8, 4) is 0 Å². The van der Waals surface area contributed by atoms with E-state index in [9.17, 15) is 4.79 Å². The summed E-state index contributed by atoms with van der Waals surface area (Å²) in [4.78, 5) is 15.7. The van der Waals surface area contributed by atoms with Gasteiger partial charge in [-0.05, 0) is 49.1 Å². The van der Waals surface area contributed by atoms with Crippen LogP contribution in [0.2, 0.25) is 0 Å². The zero-order valence-corrected chi connectivity index (χ0v) is 13.5. The van der Waals surface area contributed by atoms with Crippen LogP contribution in [0.4, 0.5) is 0 Å². The van der Waals surface area contributed by atoms with E-state index in [0.717, 1.165) is 37.2 Å². The van der Waals surface area contributed by atoms with Crippen LogP contribution in [0.5, 0.6) is 0 Å². The largest absolute Gasteiger partial charge is 0.339 e. The number of likely N-dealkylation sites (tertiary alicyclic amines) is 1. The Kier molecular flexibility index (Phi) is 5.17. The molecule has 0 saturated carbocycles. The molecule has 3 heteroatoms. The van der Waals surface area contributed by atoms with Crippen LogP contribution in [0.15, 0.2) is 59.5 Å². The zero-order chi connectivity index (χ0) is 15.2. The van der Waals surface area contributed by atoms with Crippen LogP contribution in [-0.2, 0) is 5.75 Å². The molecule has 0 aromatic heterocycles. The summed E-state index contributed by atoms with van der Waals surface area (Å²) in [5.41, 5.74) is 2.07. The van der Waals surface area contributed by atoms with E-state index in [4.69, 9.17) is 0 Å². The Balaban J connectivity index is 1.59. The molecule has 1 aliphatic rings. The van der Waals surface area contributed by atoms with Crippen molar-refractivity contribution in [3.05, 3.63) is 65.7 Å². The third kappa shape index (κ3) is 3.92. The molecular formula is C19H21NOS. The number of nitrogens with zero attached hydrogens (tertiary/aromatic N) is 1. The monoisotopic (exact) mass is 311 g/mol. The Morgan fingerprint density at radius 1 is 0.909 bits per heavy atom. The van der Waals surface area contributed by atoms with Gasteiger partial charge < -0.3 is 4.90 Å². The van der Waals surface area contributed by atoms with Crippen molar-refractivity contribution in [2.75, 3.05) is 13.1 Å². The molecule has 22 heavy (non-hydrogen) atoms. The highest BCUT2D eigenvalue weighted by molar-refractivity contribution is 7.98. The van der Waals surface area contributed by atoms with Crippen molar-refractivity contribution >= 4 is 17.7 Å². The van der Waals surface area contributed by atoms with Crippen LogP contribution >= 0.6 is 11.8 Å². The SMILES string of the molecule is O=C(c1ccc(CSc2ccccc2)cc1)N1CCCCC1. The van der Waals surface area contributed by atoms with Gasteiger partial charge in [-0.25, -0.2) is 0 Å². The van der Waals surface area contributed by atoms with Gasteiger partial charge in [0.15, 0.2) is 0 Å². The maximum absolute atomic E-state index is 12.4. The Labute approximate surface area is 136 Å². The fourth-order valence-corrected chi connectivity index (χ4v) is 3.58. The standard InChI is InChI=1S/C19H21NOS/c21-19(20-13-5-2-6-14-20)17-11-9-16(10-12-17)15-22-18-7-3-1-4-8-18/h1,3-4,7-12H,2,5-6,13-15H2. The second kappa shape index (κ2) is 7.50. The summed E-state index contributed by atoms with van der Waals surface area (Å²) in [5.74, 6) is 1.12. The van der Waals surface area contributed by atoms with Crippen LogP contribution in [0.25, 0.3) is 0 Å². The molecule has 1 fully saturated rings. The Morgan fingerprint density at radius 3 is 2.27 bits per heavy atom. The molecule has 114 valence electrons. The molecule has 0 aliphatic carbocycles. The van der Waals surface area contributed by atoms with Crippen molar-refractivity contribution in [2.45, 2.75) is 29.9 Å². The van der Waals surface area contributed by atoms with Gasteiger partial charge in [0.25, 0.3) is 5.91 Å². The van der Waals surface area contributed by atoms with Gasteiger partial charge in [0, 0.05) is 29.3 Å². The quantitative estimate of drug-likeness (QED) is 0.769. The van der Waals surface area contributed by atoms with E-state index in [0.29, 0.717) is 0 Å². The highest BCUT2D eigenvalue weighted by Gasteiger charge is 2.17. The van der Waals surface area contributed by atoms with Gasteiger partial charge >= 0.3 is 0 Å². The van der Waals surface area contributed by atoms with Gasteiger partial charge in [-0.15, -0.1) is 11.8 Å². The minimum absolute atomic E-state index is 0.182. The lowest BCUT2D eigenvalue weighted by Gasteiger charge is -2.26. The number of rotatable bonds is 4. The van der Waals surface area contributed by atoms with E-state index < -0.39 is 0 Å². The Hall–Kier alpha value is -1.74. The molecule has 0 radical (unpaired) electrons. The molecule has 1 saturated heterocycles. The number of benzene rings is 2. The first-order chi connectivity index (χ1) is 10.8. The highest BCUT2D eigenvalue weighted by atomic mass is 32.2. The van der Waals surface area contributed by atoms with Crippen molar-refractivity contribution in [1.29, 1.82) is 0 Å². The predicted octanol–water partition coefficient (Wildman–Crippen LogP) is 4.61. The topological polar surface area (TPSA) is 20.3 Å². The fraction of sp³-hybridized carbons (Fsp3) is 0.316. The lowest BCUT2D eigenvalue weighted by Crippen LogP contribution is -2.35. The normalized spacial score (nSPS) is 14.8. The molecule has 1 aliphatic heterocycles. The summed E-state index contributed by atoms with van der Waals surface area (Å²) < 4.78 is 0. The van der Waals surface area contributed by atoms with Gasteiger partial charge in [0.2, 0.25) is 0 Å². The third-order valence-electron chi connectivity index (χ3n) is 3.99. The maximum Gasteiger partial charge on any atom is 0.253 e. The molecule has 1 heterocycles. The van der Waals surface area contributed by atoms with Gasteiger partial charge in [0.1, 0.15) is 0 Å². The minimum atomic E-state index is 0.182. The van der Waals surface area contributed by atoms with Crippen molar-refractivity contribution in [2.24, 2.45) is 0 Å². The summed E-state index contributed by atoms with van der Waals surface area (Å²) in [5, 5.41) is 0. The summed E-state index contributed by atoms with van der Waals surface area (Å²) in [7, 11) is 0. The second-order valence-electron chi connectivity index (χ2n) is 5.65. The van der Waals surface area contributed by atoms with Crippen LogP contribution < -0.4 is 0 Å². The van der Waals surface area contributed by atoms with Crippen molar-refractivity contribution in [1.82, 2.24) is 4.90 Å². The number of thioether (sulfide) groups is 1. The van der Waals surface area contributed by atoms with Crippen LogP contribution in [0, 0.1) is 0 Å². The number of carbonyl (C=O) groups is 1. The number of hydrogen-bond donors (Lipinski definition) is 0. The van der Waals surface area contributed by atoms with E-state index >= 15 is 0 Å². The van der Waals surface area contributed by atoms with E-state index in [1.807, 2.05) is 34.9 Å². The maximum atomic E-state index is 12.4. The van der Waals surface area contributed by atoms with Crippen LogP contribution in [0.3, 0.4) is 0 Å². The third-order valence-corrected chi connectivity index (χ3v) is 5.08. The lowest BCUT2D eigenvalue weighted by atomic mass is 10.1. The molecule has 1 amide bonds. The second-order valence-corrected chi connectivity index (χ2v) is 6.70. The Bertz CT molecular complexity index is 603. The summed E-state index contributed by atoms with van der Waals surface area (Å²) >= 11 is 1.82. The number of amides is 1. The number of carbonyl (C=O) groups excluding carboxylic acids is 1. The average Bonchev–Trinajstić information content (AvgIpc) is 2.61. The Morgan fingerprint density at radius 2 is 1.59 bits per heavy atom. The first-order valence-corrected chi connectivity index (χ1v) is 8.87. The van der Waals surface area contributed by atoms with E-state index in [1.165, 1.54) is 16.9 Å². The van der Waals surface area contributed by atoms with E-state index in [2.05, 4.69) is 36.4 Å². The van der Waals surface area contributed by atoms with Gasteiger partial charge in [0.05, 0.1) is 0 Å². The first-order valence-electron chi connectivity index (χ1n) is 7.89. The first kappa shape index (κ1) is 15.2. The van der Waals surface area contributed by atoms with Gasteiger partial charge in [-0.2, -0.15) is 0 Å². The van der Waals surface area contributed by atoms with Gasteiger partial charge in [-0.3, -0.25) is 4.79 Å². The van der Waals surface area contributed by atoms with Crippen LogP contribution in [0.1, 0.15) is 35.2 Å². The zero-order valence-electron chi connectivity index (χ0n) is 12.7. The van der Waals surface area contributed by atoms with E-state index in [1.54, 1.807) is 0 Å². The fourth-order valence-electron chi connectivity index (χ4n) is 2.71. The molecule has 2 nitrogen and oxygen atoms in total. The summed E-state index contributed by atoms with van der Waals surface area (Å²) in [6, 6.07) is 18.5. The molecule has 2 aromatic rings. The van der Waals surface area contributed by atoms with E-state index in [-0.39, 0.29) is 5.91 Å². The molecule has 0 unspecified atom stereocenters. The van der Waals surface area contributed by atoms with Crippen molar-refractivity contribution < 1.29 is 4.79 Å². The molecule has 0 atom stereocenters. The summed E-state index contributed by atoms with van der Waals surface area (Å²) in [6.45, 7) is 1.81. The molecular weight excluding hydrogens is 290 g/mol. The van der Waals surface area contributed by atoms with Gasteiger partial charge in [-0.1, -0.05) is 30.3 Å². The molecule has 3 rings (SSSR count). The smallest absolute Gasteiger partial charge is 0.253 e. The van der Waals surface area contributed by atoms with Crippen molar-refractivity contribution in [3.63, 3.8) is 0 Å². The predicted molar refractivity (Wildman–Crippen MR) is 92.2 cm³/mol. The average molecular weight is 311 g/mol. The lowest BCUT2D eigenvalue weighted by molar-refractivity contribution is 0.0724. The molecule has 0 bridgehead atoms. The summed E-state index contributed by atoms with van der Waals surface area (Å²) in [6.07, 6.45) is 3.52. The molecule has 0 N–H and O–H groups in total. The van der Waals surface area contributed by atoms with Crippen LogP contribution in [-0.4, -0.2) is 23.9 Å².